The summed E-state index contributed by atoms with van der Waals surface area (Å²) in [6.07, 6.45) is 1.57. The first kappa shape index (κ1) is 21.4. The van der Waals surface area contributed by atoms with Gasteiger partial charge in [-0.05, 0) is 24.3 Å². The van der Waals surface area contributed by atoms with Gasteiger partial charge in [0.05, 0.1) is 4.90 Å². The molecule has 0 unspecified atom stereocenters. The highest BCUT2D eigenvalue weighted by atomic mass is 32.2. The van der Waals surface area contributed by atoms with Crippen LogP contribution in [0.15, 0.2) is 69.1 Å². The molecule has 11 heteroatoms. The Balaban J connectivity index is 1.45. The molecule has 1 aliphatic rings. The van der Waals surface area contributed by atoms with Crippen molar-refractivity contribution in [1.82, 2.24) is 15.1 Å². The van der Waals surface area contributed by atoms with E-state index in [0.717, 1.165) is 16.8 Å². The van der Waals surface area contributed by atoms with Crippen molar-refractivity contribution in [1.29, 1.82) is 0 Å². The Hall–Kier alpha value is -3.86. The quantitative estimate of drug-likeness (QED) is 0.604. The van der Waals surface area contributed by atoms with Gasteiger partial charge in [-0.25, -0.2) is 13.4 Å². The van der Waals surface area contributed by atoms with Crippen molar-refractivity contribution in [3.8, 4) is 11.4 Å². The van der Waals surface area contributed by atoms with Crippen LogP contribution in [0.1, 0.15) is 18.7 Å². The van der Waals surface area contributed by atoms with E-state index >= 15 is 0 Å². The summed E-state index contributed by atoms with van der Waals surface area (Å²) in [6, 6.07) is 15.0. The van der Waals surface area contributed by atoms with Crippen LogP contribution in [0.4, 0.5) is 5.69 Å². The second-order valence-electron chi connectivity index (χ2n) is 7.13. The highest BCUT2D eigenvalue weighted by Gasteiger charge is 2.26. The number of anilines is 1. The van der Waals surface area contributed by atoms with E-state index in [9.17, 15) is 18.0 Å². The molecule has 1 N–H and O–H groups in total. The van der Waals surface area contributed by atoms with E-state index in [2.05, 4.69) is 20.6 Å². The standard InChI is InChI=1S/C21H19N5O5S/c1-32(29,30)16-9-7-15(8-10-16)22-18(27)13-26-19(28)12-11-17(24-26)21-23-20(25-31-21)14-5-3-2-4-6-14/h2-10H,11-13H2,1H3,(H,22,27). The number of aromatic nitrogens is 2. The fraction of sp³-hybridized carbons (Fsp3) is 0.190. The van der Waals surface area contributed by atoms with E-state index in [0.29, 0.717) is 23.6 Å². The minimum Gasteiger partial charge on any atom is -0.332 e. The smallest absolute Gasteiger partial charge is 0.274 e. The summed E-state index contributed by atoms with van der Waals surface area (Å²) in [6.45, 7) is -0.310. The van der Waals surface area contributed by atoms with Gasteiger partial charge in [0.15, 0.2) is 9.84 Å². The van der Waals surface area contributed by atoms with Crippen LogP contribution >= 0.6 is 0 Å². The van der Waals surface area contributed by atoms with Crippen LogP contribution < -0.4 is 5.32 Å². The van der Waals surface area contributed by atoms with E-state index in [1.54, 1.807) is 0 Å². The maximum absolute atomic E-state index is 12.4. The first-order valence-electron chi connectivity index (χ1n) is 9.67. The van der Waals surface area contributed by atoms with Crippen LogP contribution in [0.25, 0.3) is 11.4 Å². The Morgan fingerprint density at radius 1 is 1.09 bits per heavy atom. The molecule has 4 rings (SSSR count). The van der Waals surface area contributed by atoms with Gasteiger partial charge in [-0.1, -0.05) is 35.5 Å². The predicted molar refractivity (Wildman–Crippen MR) is 115 cm³/mol. The number of rotatable bonds is 6. The van der Waals surface area contributed by atoms with E-state index in [1.807, 2.05) is 30.3 Å². The zero-order chi connectivity index (χ0) is 22.7. The van der Waals surface area contributed by atoms with Crippen molar-refractivity contribution in [3.63, 3.8) is 0 Å². The van der Waals surface area contributed by atoms with Gasteiger partial charge in [0.1, 0.15) is 12.3 Å². The Morgan fingerprint density at radius 2 is 1.81 bits per heavy atom. The molecule has 3 aromatic rings. The fourth-order valence-corrected chi connectivity index (χ4v) is 3.68. The molecule has 2 aromatic carbocycles. The van der Waals surface area contributed by atoms with Crippen LogP contribution in [0, 0.1) is 0 Å². The summed E-state index contributed by atoms with van der Waals surface area (Å²) < 4.78 is 28.4. The van der Waals surface area contributed by atoms with Gasteiger partial charge in [0, 0.05) is 30.3 Å². The van der Waals surface area contributed by atoms with Crippen LogP contribution in [0.2, 0.25) is 0 Å². The summed E-state index contributed by atoms with van der Waals surface area (Å²) >= 11 is 0. The molecule has 1 aromatic heterocycles. The number of amides is 2. The normalized spacial score (nSPS) is 14.2. The number of nitrogens with zero attached hydrogens (tertiary/aromatic N) is 4. The van der Waals surface area contributed by atoms with Gasteiger partial charge < -0.3 is 9.84 Å². The topological polar surface area (TPSA) is 135 Å². The number of benzene rings is 2. The lowest BCUT2D eigenvalue weighted by Crippen LogP contribution is -2.38. The monoisotopic (exact) mass is 453 g/mol. The largest absolute Gasteiger partial charge is 0.332 e. The molecule has 2 amide bonds. The Labute approximate surface area is 183 Å². The first-order valence-corrected chi connectivity index (χ1v) is 11.6. The summed E-state index contributed by atoms with van der Waals surface area (Å²) in [5.74, 6) is -0.190. The first-order chi connectivity index (χ1) is 15.3. The molecule has 0 fully saturated rings. The van der Waals surface area contributed by atoms with Crippen LogP contribution in [0.5, 0.6) is 0 Å². The molecular formula is C21H19N5O5S. The Morgan fingerprint density at radius 3 is 2.50 bits per heavy atom. The maximum Gasteiger partial charge on any atom is 0.274 e. The molecule has 0 bridgehead atoms. The highest BCUT2D eigenvalue weighted by molar-refractivity contribution is 7.90. The van der Waals surface area contributed by atoms with Gasteiger partial charge >= 0.3 is 0 Å². The number of carbonyl (C=O) groups excluding carboxylic acids is 2. The molecule has 0 spiro atoms. The van der Waals surface area contributed by atoms with Crippen molar-refractivity contribution < 1.29 is 22.5 Å². The second kappa shape index (κ2) is 8.71. The third-order valence-corrected chi connectivity index (χ3v) is 5.80. The minimum atomic E-state index is -3.33. The zero-order valence-corrected chi connectivity index (χ0v) is 17.9. The average Bonchev–Trinajstić information content (AvgIpc) is 3.26. The molecule has 0 radical (unpaired) electrons. The third kappa shape index (κ3) is 4.89. The number of nitrogens with one attached hydrogen (secondary N) is 1. The van der Waals surface area contributed by atoms with Crippen molar-refractivity contribution >= 4 is 33.1 Å². The van der Waals surface area contributed by atoms with E-state index in [-0.39, 0.29) is 29.7 Å². The highest BCUT2D eigenvalue weighted by Crippen LogP contribution is 2.19. The lowest BCUT2D eigenvalue weighted by molar-refractivity contribution is -0.135. The lowest BCUT2D eigenvalue weighted by atomic mass is 10.1. The molecule has 0 atom stereocenters. The third-order valence-electron chi connectivity index (χ3n) is 4.67. The summed E-state index contributed by atoms with van der Waals surface area (Å²) in [4.78, 5) is 29.1. The van der Waals surface area contributed by atoms with Gasteiger partial charge in [-0.3, -0.25) is 9.59 Å². The second-order valence-corrected chi connectivity index (χ2v) is 9.15. The Bertz CT molecular complexity index is 1280. The van der Waals surface area contributed by atoms with E-state index in [4.69, 9.17) is 4.52 Å². The molecule has 0 aliphatic carbocycles. The molecule has 164 valence electrons. The number of carbonyl (C=O) groups is 2. The summed E-state index contributed by atoms with van der Waals surface area (Å²) in [5, 5.41) is 11.9. The molecule has 32 heavy (non-hydrogen) atoms. The summed E-state index contributed by atoms with van der Waals surface area (Å²) in [7, 11) is -3.33. The SMILES string of the molecule is CS(=O)(=O)c1ccc(NC(=O)CN2N=C(c3nc(-c4ccccc4)no3)CCC2=O)cc1. The molecule has 2 heterocycles. The van der Waals surface area contributed by atoms with Crippen LogP contribution in [-0.4, -0.2) is 53.9 Å². The molecule has 1 aliphatic heterocycles. The summed E-state index contributed by atoms with van der Waals surface area (Å²) in [5.41, 5.74) is 1.61. The van der Waals surface area contributed by atoms with Crippen LogP contribution in [-0.2, 0) is 19.4 Å². The molecule has 0 saturated carbocycles. The van der Waals surface area contributed by atoms with Crippen molar-refractivity contribution in [2.24, 2.45) is 5.10 Å². The molecule has 10 nitrogen and oxygen atoms in total. The van der Waals surface area contributed by atoms with Gasteiger partial charge in [0.25, 0.3) is 5.89 Å². The van der Waals surface area contributed by atoms with Gasteiger partial charge in [-0.15, -0.1) is 0 Å². The van der Waals surface area contributed by atoms with Crippen molar-refractivity contribution in [3.05, 3.63) is 60.5 Å². The number of hydrazone groups is 1. The number of hydrogen-bond acceptors (Lipinski definition) is 8. The average molecular weight is 453 g/mol. The number of hydrogen-bond donors (Lipinski definition) is 1. The molecular weight excluding hydrogens is 434 g/mol. The number of sulfone groups is 1. The minimum absolute atomic E-state index is 0.144. The Kier molecular flexibility index (Phi) is 5.82. The van der Waals surface area contributed by atoms with E-state index in [1.165, 1.54) is 24.3 Å². The maximum atomic E-state index is 12.4. The lowest BCUT2D eigenvalue weighted by Gasteiger charge is -2.21. The van der Waals surface area contributed by atoms with Crippen LogP contribution in [0.3, 0.4) is 0 Å². The zero-order valence-electron chi connectivity index (χ0n) is 17.1. The van der Waals surface area contributed by atoms with Gasteiger partial charge in [-0.2, -0.15) is 10.1 Å². The van der Waals surface area contributed by atoms with Crippen molar-refractivity contribution in [2.75, 3.05) is 18.1 Å². The predicted octanol–water partition coefficient (Wildman–Crippen LogP) is 2.11. The fourth-order valence-electron chi connectivity index (χ4n) is 3.05. The van der Waals surface area contributed by atoms with Crippen molar-refractivity contribution in [2.45, 2.75) is 17.7 Å². The van der Waals surface area contributed by atoms with Gasteiger partial charge in [0.2, 0.25) is 17.6 Å². The van der Waals surface area contributed by atoms with E-state index < -0.39 is 15.7 Å². The molecule has 0 saturated heterocycles.